The van der Waals surface area contributed by atoms with Crippen molar-refractivity contribution in [2.45, 2.75) is 31.9 Å². The number of hydrogen-bond acceptors (Lipinski definition) is 5. The first-order valence-corrected chi connectivity index (χ1v) is 5.94. The summed E-state index contributed by atoms with van der Waals surface area (Å²) >= 11 is 0. The van der Waals surface area contributed by atoms with Gasteiger partial charge in [-0.3, -0.25) is 4.79 Å². The van der Waals surface area contributed by atoms with Gasteiger partial charge in [-0.05, 0) is 13.8 Å². The Morgan fingerprint density at radius 2 is 2.33 bits per heavy atom. The molecule has 96 valence electrons. The first-order valence-electron chi connectivity index (χ1n) is 5.94. The van der Waals surface area contributed by atoms with E-state index in [0.717, 1.165) is 5.71 Å². The minimum atomic E-state index is -0.822. The van der Waals surface area contributed by atoms with E-state index in [0.29, 0.717) is 19.5 Å². The highest BCUT2D eigenvalue weighted by molar-refractivity contribution is 5.94. The number of aromatic nitrogens is 3. The van der Waals surface area contributed by atoms with Gasteiger partial charge in [-0.2, -0.15) is 5.10 Å². The molecule has 0 aromatic carbocycles. The molecule has 1 unspecified atom stereocenters. The molecule has 0 saturated carbocycles. The van der Waals surface area contributed by atoms with Gasteiger partial charge < -0.3 is 9.74 Å². The predicted molar refractivity (Wildman–Crippen MR) is 62.9 cm³/mol. The summed E-state index contributed by atoms with van der Waals surface area (Å²) in [6, 6.07) is 0.225. The van der Waals surface area contributed by atoms with Gasteiger partial charge in [0.2, 0.25) is 5.60 Å². The Morgan fingerprint density at radius 1 is 1.56 bits per heavy atom. The number of oxime groups is 1. The van der Waals surface area contributed by atoms with Crippen LogP contribution in [-0.2, 0) is 9.63 Å². The maximum Gasteiger partial charge on any atom is 0.269 e. The minimum absolute atomic E-state index is 0.000495. The molecule has 3 rings (SSSR count). The fraction of sp³-hybridized carbons (Fsp3) is 0.636. The summed E-state index contributed by atoms with van der Waals surface area (Å²) in [6.07, 6.45) is 3.74. The molecule has 0 N–H and O–H groups in total. The molecule has 2 aliphatic heterocycles. The van der Waals surface area contributed by atoms with Crippen LogP contribution in [0.3, 0.4) is 0 Å². The van der Waals surface area contributed by atoms with E-state index in [9.17, 15) is 4.79 Å². The number of likely N-dealkylation sites (tertiary alicyclic amines) is 1. The summed E-state index contributed by atoms with van der Waals surface area (Å²) in [5.41, 5.74) is 0.0384. The van der Waals surface area contributed by atoms with Gasteiger partial charge in [0.15, 0.2) is 0 Å². The first-order chi connectivity index (χ1) is 8.58. The van der Waals surface area contributed by atoms with Gasteiger partial charge in [-0.15, -0.1) is 0 Å². The molecule has 1 aromatic heterocycles. The summed E-state index contributed by atoms with van der Waals surface area (Å²) < 4.78 is 1.78. The molecular formula is C11H15N5O2. The summed E-state index contributed by atoms with van der Waals surface area (Å²) in [5.74, 6) is -0.000495. The third kappa shape index (κ3) is 1.66. The Hall–Kier alpha value is -1.92. The van der Waals surface area contributed by atoms with Crippen molar-refractivity contribution < 1.29 is 9.63 Å². The molecule has 1 atom stereocenters. The lowest BCUT2D eigenvalue weighted by atomic mass is 9.96. The Morgan fingerprint density at radius 3 is 2.89 bits per heavy atom. The highest BCUT2D eigenvalue weighted by Gasteiger charge is 2.47. The second-order valence-electron chi connectivity index (χ2n) is 5.06. The van der Waals surface area contributed by atoms with Crippen LogP contribution >= 0.6 is 0 Å². The van der Waals surface area contributed by atoms with Crippen LogP contribution in [0.4, 0.5) is 0 Å². The van der Waals surface area contributed by atoms with Crippen molar-refractivity contribution in [2.24, 2.45) is 5.16 Å². The number of carbonyl (C=O) groups excluding carboxylic acids is 1. The van der Waals surface area contributed by atoms with Crippen LogP contribution in [0.5, 0.6) is 0 Å². The average molecular weight is 249 g/mol. The third-order valence-electron chi connectivity index (χ3n) is 3.41. The standard InChI is InChI=1S/C11H15N5O2/c1-8-3-11(2,18-14-8)10(17)15-4-9(5-15)16-7-12-6-13-16/h6-7,9H,3-5H2,1-2H3. The van der Waals surface area contributed by atoms with E-state index in [-0.39, 0.29) is 11.9 Å². The maximum absolute atomic E-state index is 12.3. The topological polar surface area (TPSA) is 72.6 Å². The zero-order valence-electron chi connectivity index (χ0n) is 10.4. The molecule has 2 aliphatic rings. The second kappa shape index (κ2) is 3.79. The molecule has 0 aliphatic carbocycles. The second-order valence-corrected chi connectivity index (χ2v) is 5.06. The third-order valence-corrected chi connectivity index (χ3v) is 3.41. The van der Waals surface area contributed by atoms with Crippen molar-refractivity contribution >= 4 is 11.6 Å². The van der Waals surface area contributed by atoms with Crippen molar-refractivity contribution in [3.63, 3.8) is 0 Å². The largest absolute Gasteiger partial charge is 0.379 e. The van der Waals surface area contributed by atoms with E-state index < -0.39 is 5.60 Å². The molecule has 1 aromatic rings. The van der Waals surface area contributed by atoms with Crippen LogP contribution in [0.15, 0.2) is 17.8 Å². The van der Waals surface area contributed by atoms with E-state index in [2.05, 4.69) is 15.2 Å². The van der Waals surface area contributed by atoms with E-state index in [1.807, 2.05) is 6.92 Å². The van der Waals surface area contributed by atoms with Gasteiger partial charge in [0.25, 0.3) is 5.91 Å². The van der Waals surface area contributed by atoms with Gasteiger partial charge >= 0.3 is 0 Å². The molecule has 0 bridgehead atoms. The normalized spacial score (nSPS) is 27.7. The van der Waals surface area contributed by atoms with Gasteiger partial charge in [-0.1, -0.05) is 5.16 Å². The van der Waals surface area contributed by atoms with Gasteiger partial charge in [0.1, 0.15) is 12.7 Å². The SMILES string of the molecule is CC1=NOC(C)(C(=O)N2CC(n3cncn3)C2)C1. The molecule has 7 heteroatoms. The van der Waals surface area contributed by atoms with Crippen LogP contribution in [0, 0.1) is 0 Å². The predicted octanol–water partition coefficient (Wildman–Crippen LogP) is 0.216. The number of rotatable bonds is 2. The lowest BCUT2D eigenvalue weighted by Crippen LogP contribution is -2.57. The van der Waals surface area contributed by atoms with Crippen molar-refractivity contribution in [1.82, 2.24) is 19.7 Å². The van der Waals surface area contributed by atoms with Gasteiger partial charge in [-0.25, -0.2) is 9.67 Å². The molecule has 0 spiro atoms. The van der Waals surface area contributed by atoms with Crippen molar-refractivity contribution in [2.75, 3.05) is 13.1 Å². The molecule has 7 nitrogen and oxygen atoms in total. The zero-order chi connectivity index (χ0) is 12.8. The maximum atomic E-state index is 12.3. The van der Waals surface area contributed by atoms with E-state index >= 15 is 0 Å². The smallest absolute Gasteiger partial charge is 0.269 e. The molecule has 18 heavy (non-hydrogen) atoms. The fourth-order valence-corrected chi connectivity index (χ4v) is 2.37. The van der Waals surface area contributed by atoms with Crippen LogP contribution in [0.2, 0.25) is 0 Å². The molecule has 1 saturated heterocycles. The van der Waals surface area contributed by atoms with Gasteiger partial charge in [0, 0.05) is 19.5 Å². The Kier molecular flexibility index (Phi) is 2.36. The molecule has 3 heterocycles. The van der Waals surface area contributed by atoms with Crippen molar-refractivity contribution in [1.29, 1.82) is 0 Å². The first kappa shape index (κ1) is 11.2. The Bertz CT molecular complexity index is 492. The molecule has 1 fully saturated rings. The number of hydrogen-bond donors (Lipinski definition) is 0. The zero-order valence-corrected chi connectivity index (χ0v) is 10.4. The number of nitrogens with zero attached hydrogens (tertiary/aromatic N) is 5. The lowest BCUT2D eigenvalue weighted by Gasteiger charge is -2.41. The van der Waals surface area contributed by atoms with Crippen molar-refractivity contribution in [3.8, 4) is 0 Å². The summed E-state index contributed by atoms with van der Waals surface area (Å²) in [6.45, 7) is 4.96. The average Bonchev–Trinajstić information content (AvgIpc) is 2.87. The Balaban J connectivity index is 1.60. The fourth-order valence-electron chi connectivity index (χ4n) is 2.37. The number of carbonyl (C=O) groups is 1. The van der Waals surface area contributed by atoms with Gasteiger partial charge in [0.05, 0.1) is 11.8 Å². The van der Waals surface area contributed by atoms with Crippen LogP contribution < -0.4 is 0 Å². The summed E-state index contributed by atoms with van der Waals surface area (Å²) in [5, 5.41) is 7.93. The highest BCUT2D eigenvalue weighted by atomic mass is 16.7. The quantitative estimate of drug-likeness (QED) is 0.751. The van der Waals surface area contributed by atoms with Crippen LogP contribution in [0.25, 0.3) is 0 Å². The van der Waals surface area contributed by atoms with Crippen LogP contribution in [-0.4, -0.2) is 50.0 Å². The van der Waals surface area contributed by atoms with E-state index in [4.69, 9.17) is 4.84 Å². The Labute approximate surface area is 104 Å². The number of amides is 1. The summed E-state index contributed by atoms with van der Waals surface area (Å²) in [4.78, 5) is 23.2. The monoisotopic (exact) mass is 249 g/mol. The van der Waals surface area contributed by atoms with E-state index in [1.54, 1.807) is 22.8 Å². The molecule has 0 radical (unpaired) electrons. The molecule has 1 amide bonds. The van der Waals surface area contributed by atoms with Crippen molar-refractivity contribution in [3.05, 3.63) is 12.7 Å². The lowest BCUT2D eigenvalue weighted by molar-refractivity contribution is -0.159. The highest BCUT2D eigenvalue weighted by Crippen LogP contribution is 2.30. The molecular weight excluding hydrogens is 234 g/mol. The summed E-state index contributed by atoms with van der Waals surface area (Å²) in [7, 11) is 0. The van der Waals surface area contributed by atoms with E-state index in [1.165, 1.54) is 6.33 Å². The van der Waals surface area contributed by atoms with Crippen LogP contribution in [0.1, 0.15) is 26.3 Å². The minimum Gasteiger partial charge on any atom is -0.379 e.